The Bertz CT molecular complexity index is 562. The van der Waals surface area contributed by atoms with Gasteiger partial charge in [-0.2, -0.15) is 0 Å². The van der Waals surface area contributed by atoms with Crippen LogP contribution in [0.4, 0.5) is 9.59 Å². The van der Waals surface area contributed by atoms with Crippen molar-refractivity contribution in [2.24, 2.45) is 0 Å². The maximum absolute atomic E-state index is 12.2. The average Bonchev–Trinajstić information content (AvgIpc) is 2.90. The van der Waals surface area contributed by atoms with Crippen LogP contribution in [0.5, 0.6) is 0 Å². The lowest BCUT2D eigenvalue weighted by atomic mass is 10.1. The Morgan fingerprint density at radius 1 is 1.08 bits per heavy atom. The highest BCUT2D eigenvalue weighted by molar-refractivity contribution is 5.96. The summed E-state index contributed by atoms with van der Waals surface area (Å²) >= 11 is 0. The third-order valence-corrected chi connectivity index (χ3v) is 3.24. The molecule has 1 aliphatic rings. The zero-order valence-electron chi connectivity index (χ0n) is 16.3. The van der Waals surface area contributed by atoms with Crippen LogP contribution in [0.25, 0.3) is 0 Å². The molecule has 2 N–H and O–H groups in total. The van der Waals surface area contributed by atoms with Crippen molar-refractivity contribution < 1.29 is 28.7 Å². The van der Waals surface area contributed by atoms with Crippen LogP contribution < -0.4 is 10.6 Å². The van der Waals surface area contributed by atoms with Gasteiger partial charge in [-0.3, -0.25) is 15.0 Å². The molecule has 0 aromatic carbocycles. The first kappa shape index (κ1) is 21.7. The molecule has 148 valence electrons. The van der Waals surface area contributed by atoms with E-state index >= 15 is 0 Å². The molecule has 0 unspecified atom stereocenters. The minimum Gasteiger partial charge on any atom is -0.454 e. The topological polar surface area (TPSA) is 114 Å². The second-order valence-corrected chi connectivity index (χ2v) is 8.19. The summed E-state index contributed by atoms with van der Waals surface area (Å²) in [5.74, 6) is -1.44. The number of nitrogens with zero attached hydrogens (tertiary/aromatic N) is 1. The zero-order valence-corrected chi connectivity index (χ0v) is 16.3. The lowest BCUT2D eigenvalue weighted by Gasteiger charge is -2.27. The molecule has 0 saturated carbocycles. The number of hydrogen-bond donors (Lipinski definition) is 2. The molecule has 1 atom stereocenters. The molecule has 0 aromatic heterocycles. The van der Waals surface area contributed by atoms with Crippen molar-refractivity contribution in [3.8, 4) is 0 Å². The molecule has 0 radical (unpaired) electrons. The molecule has 0 aromatic rings. The average molecular weight is 371 g/mol. The molecule has 1 rings (SSSR count). The second kappa shape index (κ2) is 8.37. The van der Waals surface area contributed by atoms with Crippen LogP contribution in [0, 0.1) is 0 Å². The molecule has 9 nitrogen and oxygen atoms in total. The molecule has 0 bridgehead atoms. The maximum Gasteiger partial charge on any atom is 0.411 e. The van der Waals surface area contributed by atoms with E-state index in [1.165, 1.54) is 4.90 Å². The van der Waals surface area contributed by atoms with Gasteiger partial charge in [-0.25, -0.2) is 14.4 Å². The van der Waals surface area contributed by atoms with Gasteiger partial charge in [-0.15, -0.1) is 0 Å². The Morgan fingerprint density at radius 2 is 1.69 bits per heavy atom. The van der Waals surface area contributed by atoms with Crippen LogP contribution in [0.1, 0.15) is 54.4 Å². The first-order chi connectivity index (χ1) is 11.8. The summed E-state index contributed by atoms with van der Waals surface area (Å²) < 4.78 is 10.2. The largest absolute Gasteiger partial charge is 0.454 e. The highest BCUT2D eigenvalue weighted by atomic mass is 16.6. The molecule has 9 heteroatoms. The normalized spacial score (nSPS) is 17.5. The Labute approximate surface area is 153 Å². The zero-order chi connectivity index (χ0) is 20.1. The van der Waals surface area contributed by atoms with Gasteiger partial charge in [0.25, 0.3) is 5.91 Å². The van der Waals surface area contributed by atoms with Crippen LogP contribution in [-0.2, 0) is 19.1 Å². The minimum atomic E-state index is -0.791. The number of likely N-dealkylation sites (tertiary alicyclic amines) is 1. The molecular formula is C17H29N3O6. The molecular weight excluding hydrogens is 342 g/mol. The minimum absolute atomic E-state index is 0.384. The molecule has 4 amide bonds. The van der Waals surface area contributed by atoms with E-state index < -0.39 is 47.8 Å². The molecule has 1 fully saturated rings. The molecule has 1 saturated heterocycles. The highest BCUT2D eigenvalue weighted by Gasteiger charge is 2.37. The third-order valence-electron chi connectivity index (χ3n) is 3.24. The first-order valence-electron chi connectivity index (χ1n) is 8.57. The van der Waals surface area contributed by atoms with Crippen LogP contribution in [-0.4, -0.2) is 59.2 Å². The summed E-state index contributed by atoms with van der Waals surface area (Å²) in [6.07, 6.45) is 0.481. The summed E-state index contributed by atoms with van der Waals surface area (Å²) in [5.41, 5.74) is -1.17. The van der Waals surface area contributed by atoms with Gasteiger partial charge in [0.2, 0.25) is 0 Å². The maximum atomic E-state index is 12.2. The van der Waals surface area contributed by atoms with Gasteiger partial charge in [0.15, 0.2) is 6.61 Å². The van der Waals surface area contributed by atoms with E-state index in [9.17, 15) is 19.2 Å². The van der Waals surface area contributed by atoms with E-state index in [4.69, 9.17) is 9.47 Å². The van der Waals surface area contributed by atoms with Crippen molar-refractivity contribution in [3.05, 3.63) is 0 Å². The number of carbonyl (C=O) groups is 4. The summed E-state index contributed by atoms with van der Waals surface area (Å²) in [7, 11) is 0. The number of hydrogen-bond acceptors (Lipinski definition) is 6. The molecule has 26 heavy (non-hydrogen) atoms. The number of rotatable bonds is 3. The summed E-state index contributed by atoms with van der Waals surface area (Å²) in [6.45, 7) is 10.3. The fourth-order valence-electron chi connectivity index (χ4n) is 2.32. The van der Waals surface area contributed by atoms with E-state index in [-0.39, 0.29) is 0 Å². The lowest BCUT2D eigenvalue weighted by Crippen LogP contribution is -2.49. The lowest BCUT2D eigenvalue weighted by molar-refractivity contribution is -0.152. The van der Waals surface area contributed by atoms with Crippen molar-refractivity contribution in [2.45, 2.75) is 71.6 Å². The first-order valence-corrected chi connectivity index (χ1v) is 8.57. The van der Waals surface area contributed by atoms with E-state index in [1.54, 1.807) is 41.5 Å². The van der Waals surface area contributed by atoms with Crippen LogP contribution in [0.2, 0.25) is 0 Å². The van der Waals surface area contributed by atoms with Crippen molar-refractivity contribution in [2.75, 3.05) is 13.2 Å². The SMILES string of the molecule is CC(C)(C)NC(=O)NC(=O)COC(=O)[C@@H]1CCCN1C(=O)OC(C)(C)C. The third kappa shape index (κ3) is 7.71. The molecule has 0 spiro atoms. The van der Waals surface area contributed by atoms with E-state index in [0.717, 1.165) is 0 Å². The van der Waals surface area contributed by atoms with Crippen molar-refractivity contribution >= 4 is 24.0 Å². The Morgan fingerprint density at radius 3 is 2.23 bits per heavy atom. The fraction of sp³-hybridized carbons (Fsp3) is 0.765. The van der Waals surface area contributed by atoms with Gasteiger partial charge < -0.3 is 14.8 Å². The van der Waals surface area contributed by atoms with Crippen LogP contribution in [0.3, 0.4) is 0 Å². The number of imide groups is 1. The van der Waals surface area contributed by atoms with Gasteiger partial charge in [0.05, 0.1) is 0 Å². The predicted octanol–water partition coefficient (Wildman–Crippen LogP) is 1.55. The van der Waals surface area contributed by atoms with Gasteiger partial charge in [-0.05, 0) is 54.4 Å². The monoisotopic (exact) mass is 371 g/mol. The van der Waals surface area contributed by atoms with Gasteiger partial charge >= 0.3 is 18.1 Å². The number of esters is 1. The number of amides is 4. The van der Waals surface area contributed by atoms with Crippen LogP contribution in [0.15, 0.2) is 0 Å². The Balaban J connectivity index is 2.50. The van der Waals surface area contributed by atoms with E-state index in [0.29, 0.717) is 19.4 Å². The highest BCUT2D eigenvalue weighted by Crippen LogP contribution is 2.21. The Kier molecular flexibility index (Phi) is 7.00. The fourth-order valence-corrected chi connectivity index (χ4v) is 2.32. The molecule has 1 heterocycles. The summed E-state index contributed by atoms with van der Waals surface area (Å²) in [4.78, 5) is 49.0. The Hall–Kier alpha value is -2.32. The van der Waals surface area contributed by atoms with Crippen molar-refractivity contribution in [3.63, 3.8) is 0 Å². The van der Waals surface area contributed by atoms with E-state index in [1.807, 2.05) is 0 Å². The number of carbonyl (C=O) groups excluding carboxylic acids is 4. The van der Waals surface area contributed by atoms with Crippen molar-refractivity contribution in [1.29, 1.82) is 0 Å². The van der Waals surface area contributed by atoms with Gasteiger partial charge in [-0.1, -0.05) is 0 Å². The number of ether oxygens (including phenoxy) is 2. The van der Waals surface area contributed by atoms with Crippen molar-refractivity contribution in [1.82, 2.24) is 15.5 Å². The predicted molar refractivity (Wildman–Crippen MR) is 93.3 cm³/mol. The van der Waals surface area contributed by atoms with Gasteiger partial charge in [0, 0.05) is 12.1 Å². The smallest absolute Gasteiger partial charge is 0.411 e. The number of nitrogens with one attached hydrogen (secondary N) is 2. The van der Waals surface area contributed by atoms with Gasteiger partial charge in [0.1, 0.15) is 11.6 Å². The summed E-state index contributed by atoms with van der Waals surface area (Å²) in [5, 5.41) is 4.63. The standard InChI is InChI=1S/C17H29N3O6/c1-16(2,3)19-14(23)18-12(21)10-25-13(22)11-8-7-9-20(11)15(24)26-17(4,5)6/h11H,7-10H2,1-6H3,(H2,18,19,21,23)/t11-/m0/s1. The van der Waals surface area contributed by atoms with E-state index in [2.05, 4.69) is 10.6 Å². The second-order valence-electron chi connectivity index (χ2n) is 8.19. The quantitative estimate of drug-likeness (QED) is 0.728. The number of urea groups is 1. The van der Waals surface area contributed by atoms with Crippen LogP contribution >= 0.6 is 0 Å². The molecule has 0 aliphatic carbocycles. The summed E-state index contributed by atoms with van der Waals surface area (Å²) in [6, 6.07) is -1.46. The molecule has 1 aliphatic heterocycles.